The summed E-state index contributed by atoms with van der Waals surface area (Å²) < 4.78 is 39.4. The van der Waals surface area contributed by atoms with Gasteiger partial charge in [-0.1, -0.05) is 37.5 Å². The molecule has 1 atom stereocenters. The maximum Gasteiger partial charge on any atom is 0.416 e. The third-order valence-corrected chi connectivity index (χ3v) is 5.63. The van der Waals surface area contributed by atoms with E-state index in [2.05, 4.69) is 10.2 Å². The number of nitrogens with one attached hydrogen (secondary N) is 1. The van der Waals surface area contributed by atoms with Crippen molar-refractivity contribution in [3.05, 3.63) is 35.4 Å². The van der Waals surface area contributed by atoms with Crippen molar-refractivity contribution in [2.24, 2.45) is 0 Å². The quantitative estimate of drug-likeness (QED) is 0.868. The standard InChI is InChI=1S/C19H27F3N2O/c20-19(21,22)16-6-4-5-15(13-16)17(14-24-11-9-23-10-12-24)18(25)7-2-1-3-8-18/h4-6,13,17,23,25H,1-3,7-12,14H2. The van der Waals surface area contributed by atoms with Crippen LogP contribution in [0.2, 0.25) is 0 Å². The first kappa shape index (κ1) is 18.7. The van der Waals surface area contributed by atoms with Crippen LogP contribution >= 0.6 is 0 Å². The van der Waals surface area contributed by atoms with Crippen molar-refractivity contribution in [1.29, 1.82) is 0 Å². The second kappa shape index (κ2) is 7.64. The molecule has 2 fully saturated rings. The topological polar surface area (TPSA) is 35.5 Å². The van der Waals surface area contributed by atoms with Gasteiger partial charge < -0.3 is 15.3 Å². The summed E-state index contributed by atoms with van der Waals surface area (Å²) in [5, 5.41) is 14.6. The van der Waals surface area contributed by atoms with Crippen LogP contribution in [0.5, 0.6) is 0 Å². The molecule has 3 nitrogen and oxygen atoms in total. The molecule has 25 heavy (non-hydrogen) atoms. The Balaban J connectivity index is 1.89. The van der Waals surface area contributed by atoms with Crippen LogP contribution in [0.25, 0.3) is 0 Å². The molecular weight excluding hydrogens is 329 g/mol. The molecule has 2 aliphatic rings. The van der Waals surface area contributed by atoms with E-state index >= 15 is 0 Å². The van der Waals surface area contributed by atoms with E-state index in [0.29, 0.717) is 24.9 Å². The molecule has 2 N–H and O–H groups in total. The van der Waals surface area contributed by atoms with Crippen molar-refractivity contribution in [3.8, 4) is 0 Å². The van der Waals surface area contributed by atoms with E-state index in [-0.39, 0.29) is 5.92 Å². The molecule has 140 valence electrons. The molecule has 1 unspecified atom stereocenters. The van der Waals surface area contributed by atoms with Crippen LogP contribution < -0.4 is 5.32 Å². The van der Waals surface area contributed by atoms with Gasteiger partial charge in [-0.25, -0.2) is 0 Å². The lowest BCUT2D eigenvalue weighted by atomic mass is 9.72. The first-order valence-electron chi connectivity index (χ1n) is 9.21. The fourth-order valence-electron chi connectivity index (χ4n) is 4.18. The minimum Gasteiger partial charge on any atom is -0.389 e. The van der Waals surface area contributed by atoms with Gasteiger partial charge in [0.05, 0.1) is 11.2 Å². The van der Waals surface area contributed by atoms with E-state index in [1.807, 2.05) is 0 Å². The SMILES string of the molecule is OC1(C(CN2CCNCC2)c2cccc(C(F)(F)F)c2)CCCCC1. The molecule has 1 aromatic carbocycles. The molecule has 1 aliphatic carbocycles. The van der Waals surface area contributed by atoms with Gasteiger partial charge in [0.25, 0.3) is 0 Å². The largest absolute Gasteiger partial charge is 0.416 e. The predicted octanol–water partition coefficient (Wildman–Crippen LogP) is 3.39. The van der Waals surface area contributed by atoms with Crippen LogP contribution in [0.3, 0.4) is 0 Å². The Morgan fingerprint density at radius 1 is 1.12 bits per heavy atom. The minimum absolute atomic E-state index is 0.284. The van der Waals surface area contributed by atoms with Gasteiger partial charge in [-0.15, -0.1) is 0 Å². The molecule has 1 saturated heterocycles. The lowest BCUT2D eigenvalue weighted by Gasteiger charge is -2.42. The molecule has 0 amide bonds. The first-order valence-corrected chi connectivity index (χ1v) is 9.21. The summed E-state index contributed by atoms with van der Waals surface area (Å²) in [5.74, 6) is -0.284. The molecule has 0 radical (unpaired) electrons. The maximum atomic E-state index is 13.1. The zero-order valence-corrected chi connectivity index (χ0v) is 14.5. The van der Waals surface area contributed by atoms with E-state index in [4.69, 9.17) is 0 Å². The van der Waals surface area contributed by atoms with Crippen LogP contribution in [0, 0.1) is 0 Å². The van der Waals surface area contributed by atoms with Crippen LogP contribution in [0.1, 0.15) is 49.1 Å². The number of alkyl halides is 3. The highest BCUT2D eigenvalue weighted by Crippen LogP contribution is 2.41. The Bertz CT molecular complexity index is 564. The average Bonchev–Trinajstić information content (AvgIpc) is 2.60. The Hall–Kier alpha value is -1.11. The van der Waals surface area contributed by atoms with Crippen LogP contribution in [-0.2, 0) is 6.18 Å². The van der Waals surface area contributed by atoms with Gasteiger partial charge in [0, 0.05) is 38.6 Å². The number of rotatable bonds is 4. The van der Waals surface area contributed by atoms with Crippen molar-refractivity contribution < 1.29 is 18.3 Å². The normalized spacial score (nSPS) is 23.4. The summed E-state index contributed by atoms with van der Waals surface area (Å²) in [4.78, 5) is 2.26. The summed E-state index contributed by atoms with van der Waals surface area (Å²) >= 11 is 0. The molecule has 6 heteroatoms. The van der Waals surface area contributed by atoms with Crippen molar-refractivity contribution in [3.63, 3.8) is 0 Å². The molecule has 0 bridgehead atoms. The third kappa shape index (κ3) is 4.54. The number of hydrogen-bond donors (Lipinski definition) is 2. The zero-order valence-electron chi connectivity index (χ0n) is 14.5. The Labute approximate surface area is 147 Å². The number of piperazine rings is 1. The van der Waals surface area contributed by atoms with Crippen molar-refractivity contribution >= 4 is 0 Å². The maximum absolute atomic E-state index is 13.1. The molecule has 1 saturated carbocycles. The van der Waals surface area contributed by atoms with Gasteiger partial charge in [-0.05, 0) is 24.5 Å². The average molecular weight is 356 g/mol. The van der Waals surface area contributed by atoms with Crippen molar-refractivity contribution in [1.82, 2.24) is 10.2 Å². The van der Waals surface area contributed by atoms with Crippen LogP contribution in [0.15, 0.2) is 24.3 Å². The van der Waals surface area contributed by atoms with E-state index in [1.54, 1.807) is 6.07 Å². The lowest BCUT2D eigenvalue weighted by molar-refractivity contribution is -0.137. The Kier molecular flexibility index (Phi) is 5.71. The number of halogens is 3. The summed E-state index contributed by atoms with van der Waals surface area (Å²) in [7, 11) is 0. The van der Waals surface area contributed by atoms with Gasteiger partial charge in [-0.3, -0.25) is 0 Å². The smallest absolute Gasteiger partial charge is 0.389 e. The van der Waals surface area contributed by atoms with Gasteiger partial charge in [-0.2, -0.15) is 13.2 Å². The summed E-state index contributed by atoms with van der Waals surface area (Å²) in [5.41, 5.74) is -0.930. The van der Waals surface area contributed by atoms with Gasteiger partial charge in [0.1, 0.15) is 0 Å². The van der Waals surface area contributed by atoms with E-state index in [9.17, 15) is 18.3 Å². The van der Waals surface area contributed by atoms with Crippen molar-refractivity contribution in [2.45, 2.75) is 49.8 Å². The fraction of sp³-hybridized carbons (Fsp3) is 0.684. The van der Waals surface area contributed by atoms with E-state index < -0.39 is 17.3 Å². The van der Waals surface area contributed by atoms with Gasteiger partial charge in [0.15, 0.2) is 0 Å². The predicted molar refractivity (Wildman–Crippen MR) is 91.5 cm³/mol. The second-order valence-corrected chi connectivity index (χ2v) is 7.39. The molecular formula is C19H27F3N2O. The lowest BCUT2D eigenvalue weighted by Crippen LogP contribution is -2.49. The number of aliphatic hydroxyl groups is 1. The summed E-state index contributed by atoms with van der Waals surface area (Å²) in [6, 6.07) is 5.56. The Morgan fingerprint density at radius 2 is 1.80 bits per heavy atom. The molecule has 1 aromatic rings. The number of nitrogens with zero attached hydrogens (tertiary/aromatic N) is 1. The van der Waals surface area contributed by atoms with Gasteiger partial charge in [0.2, 0.25) is 0 Å². The molecule has 1 heterocycles. The second-order valence-electron chi connectivity index (χ2n) is 7.39. The Morgan fingerprint density at radius 3 is 2.44 bits per heavy atom. The minimum atomic E-state index is -4.36. The van der Waals surface area contributed by atoms with Crippen LogP contribution in [-0.4, -0.2) is 48.3 Å². The molecule has 0 spiro atoms. The summed E-state index contributed by atoms with van der Waals surface area (Å²) in [6.45, 7) is 4.11. The molecule has 0 aromatic heterocycles. The fourth-order valence-corrected chi connectivity index (χ4v) is 4.18. The van der Waals surface area contributed by atoms with Crippen molar-refractivity contribution in [2.75, 3.05) is 32.7 Å². The highest BCUT2D eigenvalue weighted by molar-refractivity contribution is 5.31. The third-order valence-electron chi connectivity index (χ3n) is 5.63. The first-order chi connectivity index (χ1) is 11.9. The molecule has 1 aliphatic heterocycles. The summed E-state index contributed by atoms with van der Waals surface area (Å²) in [6.07, 6.45) is -0.0585. The van der Waals surface area contributed by atoms with E-state index in [1.165, 1.54) is 12.1 Å². The van der Waals surface area contributed by atoms with Gasteiger partial charge >= 0.3 is 6.18 Å². The monoisotopic (exact) mass is 356 g/mol. The van der Waals surface area contributed by atoms with Crippen LogP contribution in [0.4, 0.5) is 13.2 Å². The number of hydrogen-bond acceptors (Lipinski definition) is 3. The highest BCUT2D eigenvalue weighted by Gasteiger charge is 2.40. The molecule has 3 rings (SSSR count). The number of benzene rings is 1. The highest BCUT2D eigenvalue weighted by atomic mass is 19.4. The zero-order chi connectivity index (χ0) is 17.9. The van der Waals surface area contributed by atoms with E-state index in [0.717, 1.165) is 51.5 Å².